The fraction of sp³-hybridized carbons (Fsp3) is 0.0769. The van der Waals surface area contributed by atoms with E-state index in [1.54, 1.807) is 48.5 Å². The van der Waals surface area contributed by atoms with Gasteiger partial charge >= 0.3 is 6.36 Å². The number of ketones is 1. The van der Waals surface area contributed by atoms with Crippen LogP contribution in [0.4, 0.5) is 19.1 Å². The molecule has 39 heavy (non-hydrogen) atoms. The van der Waals surface area contributed by atoms with Crippen LogP contribution in [0.2, 0.25) is 0 Å². The van der Waals surface area contributed by atoms with Gasteiger partial charge < -0.3 is 20.8 Å². The van der Waals surface area contributed by atoms with E-state index in [-0.39, 0.29) is 23.0 Å². The van der Waals surface area contributed by atoms with E-state index >= 15 is 0 Å². The molecule has 1 unspecified atom stereocenters. The summed E-state index contributed by atoms with van der Waals surface area (Å²) in [6, 6.07) is 18.4. The number of aromatic amines is 1. The van der Waals surface area contributed by atoms with E-state index < -0.39 is 29.4 Å². The van der Waals surface area contributed by atoms with Crippen LogP contribution in [-0.4, -0.2) is 39.4 Å². The van der Waals surface area contributed by atoms with Crippen molar-refractivity contribution in [2.24, 2.45) is 5.73 Å². The number of alkyl halides is 3. The summed E-state index contributed by atoms with van der Waals surface area (Å²) < 4.78 is 42.5. The van der Waals surface area contributed by atoms with Gasteiger partial charge in [-0.25, -0.2) is 4.98 Å². The number of H-pyrrole nitrogens is 1. The molecule has 0 radical (unpaired) electrons. The maximum Gasteiger partial charge on any atom is 0.573 e. The summed E-state index contributed by atoms with van der Waals surface area (Å²) in [5.41, 5.74) is 6.01. The number of ether oxygens (including phenoxy) is 1. The Morgan fingerprint density at radius 3 is 2.44 bits per heavy atom. The lowest BCUT2D eigenvalue weighted by atomic mass is 10.0. The van der Waals surface area contributed by atoms with E-state index in [2.05, 4.69) is 20.0 Å². The molecule has 9 nitrogen and oxygen atoms in total. The van der Waals surface area contributed by atoms with E-state index in [1.165, 1.54) is 28.5 Å². The van der Waals surface area contributed by atoms with Crippen LogP contribution >= 0.6 is 11.8 Å². The highest BCUT2D eigenvalue weighted by molar-refractivity contribution is 8.03. The molecule has 1 aromatic heterocycles. The molecule has 4 aromatic rings. The number of amides is 2. The third kappa shape index (κ3) is 5.43. The zero-order chi connectivity index (χ0) is 27.7. The molecule has 0 spiro atoms. The molecule has 2 heterocycles. The number of hydrogen-bond donors (Lipinski definition) is 3. The minimum absolute atomic E-state index is 0.00947. The van der Waals surface area contributed by atoms with Crippen molar-refractivity contribution in [2.45, 2.75) is 11.9 Å². The lowest BCUT2D eigenvalue weighted by Crippen LogP contribution is -2.45. The van der Waals surface area contributed by atoms with Crippen LogP contribution in [0.15, 0.2) is 83.9 Å². The van der Waals surface area contributed by atoms with Crippen LogP contribution in [0.25, 0.3) is 11.0 Å². The van der Waals surface area contributed by atoms with Crippen molar-refractivity contribution in [2.75, 3.05) is 4.90 Å². The van der Waals surface area contributed by atoms with Gasteiger partial charge in [0.15, 0.2) is 11.3 Å². The van der Waals surface area contributed by atoms with Crippen molar-refractivity contribution in [1.29, 1.82) is 0 Å². The van der Waals surface area contributed by atoms with Crippen molar-refractivity contribution in [1.82, 2.24) is 15.3 Å². The summed E-state index contributed by atoms with van der Waals surface area (Å²) >= 11 is 0.993. The van der Waals surface area contributed by atoms with Gasteiger partial charge in [0.25, 0.3) is 11.8 Å². The standard InChI is InChI=1S/C26H18F3N5O4S/c27-26(28,29)38-20-9-5-4-8-16(20)23(37)33-25-34(19(13-39-25)22(30)36)24-31-17-11-10-15(12-18(17)32-24)21(35)14-6-2-1-3-7-14/h1-13,25H,(H2,30,36)(H,31,32)(H,33,37). The summed E-state index contributed by atoms with van der Waals surface area (Å²) in [5.74, 6) is -2.47. The van der Waals surface area contributed by atoms with Crippen LogP contribution in [0, 0.1) is 0 Å². The van der Waals surface area contributed by atoms with Gasteiger partial charge in [-0.3, -0.25) is 19.3 Å². The first-order chi connectivity index (χ1) is 18.6. The van der Waals surface area contributed by atoms with E-state index in [4.69, 9.17) is 5.73 Å². The van der Waals surface area contributed by atoms with Gasteiger partial charge in [-0.1, -0.05) is 54.2 Å². The van der Waals surface area contributed by atoms with Crippen molar-refractivity contribution < 1.29 is 32.3 Å². The van der Waals surface area contributed by atoms with Crippen molar-refractivity contribution in [3.8, 4) is 5.75 Å². The number of halogens is 3. The maximum absolute atomic E-state index is 13.0. The second-order valence-electron chi connectivity index (χ2n) is 8.23. The maximum atomic E-state index is 13.0. The molecular formula is C26H18F3N5O4S. The number of thioether (sulfide) groups is 1. The molecule has 4 N–H and O–H groups in total. The summed E-state index contributed by atoms with van der Waals surface area (Å²) in [6.45, 7) is 0. The highest BCUT2D eigenvalue weighted by atomic mass is 32.2. The van der Waals surface area contributed by atoms with E-state index in [0.29, 0.717) is 22.2 Å². The summed E-state index contributed by atoms with van der Waals surface area (Å²) in [5, 5.41) is 3.98. The SMILES string of the molecule is NC(=O)C1=CSC(NC(=O)c2ccccc2OC(F)(F)F)N1c1nc2ccc(C(=O)c3ccccc3)cc2[nH]1. The first-order valence-corrected chi connectivity index (χ1v) is 12.2. The molecule has 1 aliphatic heterocycles. The minimum Gasteiger partial charge on any atom is -0.405 e. The highest BCUT2D eigenvalue weighted by Crippen LogP contribution is 2.35. The van der Waals surface area contributed by atoms with E-state index in [0.717, 1.165) is 17.8 Å². The summed E-state index contributed by atoms with van der Waals surface area (Å²) in [7, 11) is 0. The first-order valence-electron chi connectivity index (χ1n) is 11.3. The normalized spacial score (nSPS) is 15.2. The number of carbonyl (C=O) groups is 3. The Labute approximate surface area is 222 Å². The topological polar surface area (TPSA) is 130 Å². The minimum atomic E-state index is -5.00. The highest BCUT2D eigenvalue weighted by Gasteiger charge is 2.36. The molecule has 2 amide bonds. The average molecular weight is 554 g/mol. The Balaban J connectivity index is 1.44. The molecule has 0 bridgehead atoms. The number of carbonyl (C=O) groups excluding carboxylic acids is 3. The van der Waals surface area contributed by atoms with Crippen LogP contribution in [-0.2, 0) is 4.79 Å². The fourth-order valence-corrected chi connectivity index (χ4v) is 4.94. The third-order valence-electron chi connectivity index (χ3n) is 5.66. The number of aromatic nitrogens is 2. The number of hydrogen-bond acceptors (Lipinski definition) is 7. The molecule has 1 aliphatic rings. The second kappa shape index (κ2) is 10.2. The summed E-state index contributed by atoms with van der Waals surface area (Å²) in [6.07, 6.45) is -5.00. The smallest absolute Gasteiger partial charge is 0.405 e. The Hall–Kier alpha value is -4.78. The molecular weight excluding hydrogens is 535 g/mol. The van der Waals surface area contributed by atoms with Gasteiger partial charge in [-0.05, 0) is 30.3 Å². The number of fused-ring (bicyclic) bond motifs is 1. The molecule has 3 aromatic carbocycles. The van der Waals surface area contributed by atoms with Gasteiger partial charge in [0, 0.05) is 16.5 Å². The Morgan fingerprint density at radius 1 is 1.00 bits per heavy atom. The monoisotopic (exact) mass is 553 g/mol. The van der Waals surface area contributed by atoms with Gasteiger partial charge in [-0.15, -0.1) is 13.2 Å². The molecule has 0 fully saturated rings. The van der Waals surface area contributed by atoms with Crippen molar-refractivity contribution >= 4 is 46.3 Å². The Morgan fingerprint density at radius 2 is 1.72 bits per heavy atom. The lowest BCUT2D eigenvalue weighted by molar-refractivity contribution is -0.274. The lowest BCUT2D eigenvalue weighted by Gasteiger charge is -2.26. The van der Waals surface area contributed by atoms with Crippen LogP contribution in [0.3, 0.4) is 0 Å². The summed E-state index contributed by atoms with van der Waals surface area (Å²) in [4.78, 5) is 46.8. The number of benzene rings is 3. The average Bonchev–Trinajstić information content (AvgIpc) is 3.51. The number of nitrogens with zero attached hydrogens (tertiary/aromatic N) is 2. The molecule has 0 saturated heterocycles. The molecule has 13 heteroatoms. The van der Waals surface area contributed by atoms with Crippen LogP contribution in [0.1, 0.15) is 26.3 Å². The molecule has 0 saturated carbocycles. The first kappa shape index (κ1) is 25.9. The Kier molecular flexibility index (Phi) is 6.74. The number of para-hydroxylation sites is 1. The van der Waals surface area contributed by atoms with Gasteiger partial charge in [0.1, 0.15) is 11.4 Å². The zero-order valence-corrected chi connectivity index (χ0v) is 20.5. The van der Waals surface area contributed by atoms with Crippen LogP contribution < -0.4 is 20.7 Å². The zero-order valence-electron chi connectivity index (χ0n) is 19.7. The quantitative estimate of drug-likeness (QED) is 0.291. The molecule has 0 aliphatic carbocycles. The largest absolute Gasteiger partial charge is 0.573 e. The van der Waals surface area contributed by atoms with E-state index in [1.807, 2.05) is 0 Å². The predicted octanol–water partition coefficient (Wildman–Crippen LogP) is 4.29. The molecule has 1 atom stereocenters. The van der Waals surface area contributed by atoms with E-state index in [9.17, 15) is 27.6 Å². The van der Waals surface area contributed by atoms with Gasteiger partial charge in [-0.2, -0.15) is 0 Å². The predicted molar refractivity (Wildman–Crippen MR) is 138 cm³/mol. The molecule has 5 rings (SSSR count). The second-order valence-corrected chi connectivity index (χ2v) is 9.19. The number of rotatable bonds is 7. The number of nitrogens with two attached hydrogens (primary N) is 1. The number of nitrogens with one attached hydrogen (secondary N) is 2. The van der Waals surface area contributed by atoms with Gasteiger partial charge in [0.2, 0.25) is 5.95 Å². The van der Waals surface area contributed by atoms with Gasteiger partial charge in [0.05, 0.1) is 16.6 Å². The third-order valence-corrected chi connectivity index (χ3v) is 6.61. The van der Waals surface area contributed by atoms with Crippen LogP contribution in [0.5, 0.6) is 5.75 Å². The fourth-order valence-electron chi connectivity index (χ4n) is 3.94. The number of anilines is 1. The van der Waals surface area contributed by atoms with Crippen molar-refractivity contribution in [3.63, 3.8) is 0 Å². The molecule has 198 valence electrons. The Bertz CT molecular complexity index is 1620. The van der Waals surface area contributed by atoms with Crippen molar-refractivity contribution in [3.05, 3.63) is 101 Å². The number of imidazole rings is 1. The number of primary amides is 1.